The maximum absolute atomic E-state index is 12.9. The number of nitrogens with zero attached hydrogens (tertiary/aromatic N) is 1. The first-order valence-corrected chi connectivity index (χ1v) is 9.78. The number of anilines is 1. The monoisotopic (exact) mass is 390 g/mol. The number of aryl methyl sites for hydroxylation is 1. The summed E-state index contributed by atoms with van der Waals surface area (Å²) >= 11 is 1.57. The minimum atomic E-state index is -0.407. The zero-order valence-electron chi connectivity index (χ0n) is 15.4. The molecule has 1 aliphatic heterocycles. The molecule has 0 saturated carbocycles. The van der Waals surface area contributed by atoms with E-state index in [4.69, 9.17) is 0 Å². The molecule has 1 unspecified atom stereocenters. The highest BCUT2D eigenvalue weighted by molar-refractivity contribution is 7.10. The first-order chi connectivity index (χ1) is 13.5. The van der Waals surface area contributed by atoms with E-state index < -0.39 is 5.91 Å². The molecule has 1 aliphatic rings. The number of amides is 3. The Morgan fingerprint density at radius 1 is 1.00 bits per heavy atom. The molecule has 4 rings (SSSR count). The van der Waals surface area contributed by atoms with Gasteiger partial charge in [0.2, 0.25) is 0 Å². The normalized spacial score (nSPS) is 14.1. The van der Waals surface area contributed by atoms with Crippen molar-refractivity contribution in [2.45, 2.75) is 19.9 Å². The number of para-hydroxylation sites is 1. The molecule has 1 N–H and O–H groups in total. The van der Waals surface area contributed by atoms with Crippen LogP contribution in [-0.2, 0) is 0 Å². The number of hydrogen-bond acceptors (Lipinski definition) is 4. The van der Waals surface area contributed by atoms with Gasteiger partial charge in [-0.25, -0.2) is 4.90 Å². The molecule has 28 heavy (non-hydrogen) atoms. The average Bonchev–Trinajstić information content (AvgIpc) is 3.31. The fourth-order valence-corrected chi connectivity index (χ4v) is 4.04. The molecule has 0 spiro atoms. The Morgan fingerprint density at radius 2 is 1.75 bits per heavy atom. The van der Waals surface area contributed by atoms with E-state index in [1.54, 1.807) is 35.6 Å². The number of thiophene rings is 1. The SMILES string of the molecule is Cc1ccccc1N1C(=O)c2ccc(C(=O)NC(C)c3cccs3)cc2C1=O. The molecule has 1 atom stereocenters. The second-order valence-electron chi connectivity index (χ2n) is 6.70. The largest absolute Gasteiger partial charge is 0.345 e. The molecular formula is C22H18N2O3S. The third-order valence-electron chi connectivity index (χ3n) is 4.82. The molecule has 3 amide bonds. The summed E-state index contributed by atoms with van der Waals surface area (Å²) in [4.78, 5) is 40.6. The van der Waals surface area contributed by atoms with E-state index in [1.165, 1.54) is 11.0 Å². The van der Waals surface area contributed by atoms with E-state index in [-0.39, 0.29) is 23.4 Å². The smallest absolute Gasteiger partial charge is 0.266 e. The lowest BCUT2D eigenvalue weighted by Crippen LogP contribution is -2.30. The molecule has 2 heterocycles. The summed E-state index contributed by atoms with van der Waals surface area (Å²) in [7, 11) is 0. The summed E-state index contributed by atoms with van der Waals surface area (Å²) in [5, 5.41) is 4.89. The van der Waals surface area contributed by atoms with E-state index in [1.807, 2.05) is 43.5 Å². The Labute approximate surface area is 166 Å². The van der Waals surface area contributed by atoms with Crippen molar-refractivity contribution in [3.05, 3.63) is 87.1 Å². The van der Waals surface area contributed by atoms with Crippen LogP contribution in [0, 0.1) is 6.92 Å². The maximum atomic E-state index is 12.9. The third-order valence-corrected chi connectivity index (χ3v) is 5.88. The molecule has 0 fully saturated rings. The Bertz CT molecular complexity index is 1090. The highest BCUT2D eigenvalue weighted by atomic mass is 32.1. The molecular weight excluding hydrogens is 372 g/mol. The van der Waals surface area contributed by atoms with Crippen molar-refractivity contribution < 1.29 is 14.4 Å². The van der Waals surface area contributed by atoms with Gasteiger partial charge in [-0.05, 0) is 55.1 Å². The van der Waals surface area contributed by atoms with Gasteiger partial charge < -0.3 is 5.32 Å². The van der Waals surface area contributed by atoms with Gasteiger partial charge in [0, 0.05) is 10.4 Å². The van der Waals surface area contributed by atoms with E-state index in [0.717, 1.165) is 10.4 Å². The Kier molecular flexibility index (Phi) is 4.57. The van der Waals surface area contributed by atoms with Crippen molar-refractivity contribution >= 4 is 34.7 Å². The molecule has 5 nitrogen and oxygen atoms in total. The Hall–Kier alpha value is -3.25. The number of carbonyl (C=O) groups is 3. The lowest BCUT2D eigenvalue weighted by Gasteiger charge is -2.16. The van der Waals surface area contributed by atoms with E-state index in [0.29, 0.717) is 16.8 Å². The van der Waals surface area contributed by atoms with Crippen molar-refractivity contribution in [2.24, 2.45) is 0 Å². The summed E-state index contributed by atoms with van der Waals surface area (Å²) in [5.41, 5.74) is 2.32. The van der Waals surface area contributed by atoms with Crippen LogP contribution in [0.5, 0.6) is 0 Å². The number of imide groups is 1. The van der Waals surface area contributed by atoms with Crippen LogP contribution in [0.15, 0.2) is 60.0 Å². The highest BCUT2D eigenvalue weighted by Gasteiger charge is 2.37. The summed E-state index contributed by atoms with van der Waals surface area (Å²) in [6, 6.07) is 15.6. The number of benzene rings is 2. The predicted molar refractivity (Wildman–Crippen MR) is 109 cm³/mol. The van der Waals surface area contributed by atoms with Gasteiger partial charge in [-0.2, -0.15) is 0 Å². The topological polar surface area (TPSA) is 66.5 Å². The number of carbonyl (C=O) groups excluding carboxylic acids is 3. The van der Waals surface area contributed by atoms with Gasteiger partial charge in [0.1, 0.15) is 0 Å². The standard InChI is InChI=1S/C22H18N2O3S/c1-13-6-3-4-7-18(13)24-21(26)16-10-9-15(12-17(16)22(24)27)20(25)23-14(2)19-8-5-11-28-19/h3-12,14H,1-2H3,(H,23,25). The quantitative estimate of drug-likeness (QED) is 0.674. The number of fused-ring (bicyclic) bond motifs is 1. The van der Waals surface area contributed by atoms with Crippen LogP contribution >= 0.6 is 11.3 Å². The van der Waals surface area contributed by atoms with Gasteiger partial charge >= 0.3 is 0 Å². The molecule has 0 saturated heterocycles. The summed E-state index contributed by atoms with van der Waals surface area (Å²) < 4.78 is 0. The summed E-state index contributed by atoms with van der Waals surface area (Å²) in [6.45, 7) is 3.76. The van der Waals surface area contributed by atoms with Crippen LogP contribution in [0.25, 0.3) is 0 Å². The molecule has 6 heteroatoms. The zero-order valence-corrected chi connectivity index (χ0v) is 16.2. The van der Waals surface area contributed by atoms with Gasteiger partial charge in [-0.1, -0.05) is 24.3 Å². The zero-order chi connectivity index (χ0) is 19.8. The van der Waals surface area contributed by atoms with Crippen LogP contribution in [0.2, 0.25) is 0 Å². The average molecular weight is 390 g/mol. The number of hydrogen-bond donors (Lipinski definition) is 1. The Morgan fingerprint density at radius 3 is 2.46 bits per heavy atom. The van der Waals surface area contributed by atoms with Gasteiger partial charge in [0.25, 0.3) is 17.7 Å². The molecule has 140 valence electrons. The molecule has 3 aromatic rings. The van der Waals surface area contributed by atoms with Crippen LogP contribution in [0.4, 0.5) is 5.69 Å². The van der Waals surface area contributed by atoms with Crippen LogP contribution in [0.1, 0.15) is 54.5 Å². The fraction of sp³-hybridized carbons (Fsp3) is 0.136. The van der Waals surface area contributed by atoms with E-state index in [9.17, 15) is 14.4 Å². The van der Waals surface area contributed by atoms with Crippen molar-refractivity contribution in [1.29, 1.82) is 0 Å². The lowest BCUT2D eigenvalue weighted by molar-refractivity contribution is 0.0921. The molecule has 0 bridgehead atoms. The van der Waals surface area contributed by atoms with Gasteiger partial charge in [-0.3, -0.25) is 14.4 Å². The fourth-order valence-electron chi connectivity index (χ4n) is 3.30. The summed E-state index contributed by atoms with van der Waals surface area (Å²) in [5.74, 6) is -1.05. The van der Waals surface area contributed by atoms with Crippen molar-refractivity contribution in [3.63, 3.8) is 0 Å². The van der Waals surface area contributed by atoms with Gasteiger partial charge in [0.15, 0.2) is 0 Å². The summed E-state index contributed by atoms with van der Waals surface area (Å²) in [6.07, 6.45) is 0. The number of rotatable bonds is 4. The van der Waals surface area contributed by atoms with E-state index >= 15 is 0 Å². The molecule has 2 aromatic carbocycles. The van der Waals surface area contributed by atoms with Crippen molar-refractivity contribution in [1.82, 2.24) is 5.32 Å². The van der Waals surface area contributed by atoms with Gasteiger partial charge in [0.05, 0.1) is 22.9 Å². The second kappa shape index (κ2) is 7.05. The van der Waals surface area contributed by atoms with Crippen molar-refractivity contribution in [3.8, 4) is 0 Å². The molecule has 1 aromatic heterocycles. The highest BCUT2D eigenvalue weighted by Crippen LogP contribution is 2.31. The van der Waals surface area contributed by atoms with E-state index in [2.05, 4.69) is 5.32 Å². The van der Waals surface area contributed by atoms with Crippen LogP contribution < -0.4 is 10.2 Å². The first kappa shape index (κ1) is 18.1. The van der Waals surface area contributed by atoms with Crippen molar-refractivity contribution in [2.75, 3.05) is 4.90 Å². The minimum Gasteiger partial charge on any atom is -0.345 e. The predicted octanol–water partition coefficient (Wildman–Crippen LogP) is 4.35. The second-order valence-corrected chi connectivity index (χ2v) is 7.68. The minimum absolute atomic E-state index is 0.137. The Balaban J connectivity index is 1.62. The van der Waals surface area contributed by atoms with Gasteiger partial charge in [-0.15, -0.1) is 11.3 Å². The van der Waals surface area contributed by atoms with Crippen LogP contribution in [-0.4, -0.2) is 17.7 Å². The maximum Gasteiger partial charge on any atom is 0.266 e. The lowest BCUT2D eigenvalue weighted by atomic mass is 10.0. The third kappa shape index (κ3) is 3.01. The van der Waals surface area contributed by atoms with Crippen LogP contribution in [0.3, 0.4) is 0 Å². The molecule has 0 aliphatic carbocycles. The number of nitrogens with one attached hydrogen (secondary N) is 1. The first-order valence-electron chi connectivity index (χ1n) is 8.90. The molecule has 0 radical (unpaired) electrons.